The second-order valence-electron chi connectivity index (χ2n) is 4.27. The van der Waals surface area contributed by atoms with Crippen LogP contribution in [0.2, 0.25) is 0 Å². The molecule has 1 atom stereocenters. The van der Waals surface area contributed by atoms with Gasteiger partial charge in [-0.05, 0) is 27.0 Å². The Morgan fingerprint density at radius 1 is 1.19 bits per heavy atom. The third-order valence-electron chi connectivity index (χ3n) is 2.96. The van der Waals surface area contributed by atoms with Gasteiger partial charge in [0.15, 0.2) is 0 Å². The van der Waals surface area contributed by atoms with Crippen molar-refractivity contribution in [1.29, 1.82) is 0 Å². The number of para-hydroxylation sites is 1. The predicted octanol–water partition coefficient (Wildman–Crippen LogP) is 2.38. The second kappa shape index (κ2) is 5.32. The number of methoxy groups -OCH3 is 2. The van der Waals surface area contributed by atoms with Crippen LogP contribution in [0, 0.1) is 0 Å². The minimum atomic E-state index is -0.288. The standard InChI is InChI=1S/C13H21NO2/c1-13(2,16-5)12(14-3)10-8-6-7-9-11(10)15-4/h6-9,12,14H,1-5H3. The van der Waals surface area contributed by atoms with E-state index in [-0.39, 0.29) is 11.6 Å². The summed E-state index contributed by atoms with van der Waals surface area (Å²) in [5.74, 6) is 0.881. The van der Waals surface area contributed by atoms with Gasteiger partial charge in [-0.2, -0.15) is 0 Å². The highest BCUT2D eigenvalue weighted by atomic mass is 16.5. The maximum Gasteiger partial charge on any atom is 0.123 e. The highest BCUT2D eigenvalue weighted by Gasteiger charge is 2.31. The summed E-state index contributed by atoms with van der Waals surface area (Å²) in [5.41, 5.74) is 0.822. The van der Waals surface area contributed by atoms with Gasteiger partial charge in [-0.25, -0.2) is 0 Å². The molecule has 0 radical (unpaired) electrons. The normalized spacial score (nSPS) is 13.6. The van der Waals surface area contributed by atoms with Gasteiger partial charge >= 0.3 is 0 Å². The van der Waals surface area contributed by atoms with Gasteiger partial charge < -0.3 is 14.8 Å². The molecule has 3 heteroatoms. The first-order valence-electron chi connectivity index (χ1n) is 5.42. The fourth-order valence-electron chi connectivity index (χ4n) is 1.90. The SMILES string of the molecule is CNC(c1ccccc1OC)C(C)(C)OC. The Morgan fingerprint density at radius 2 is 1.81 bits per heavy atom. The van der Waals surface area contributed by atoms with Gasteiger partial charge in [-0.3, -0.25) is 0 Å². The fourth-order valence-corrected chi connectivity index (χ4v) is 1.90. The van der Waals surface area contributed by atoms with Gasteiger partial charge in [0, 0.05) is 12.7 Å². The Balaban J connectivity index is 3.13. The summed E-state index contributed by atoms with van der Waals surface area (Å²) in [5, 5.41) is 3.28. The van der Waals surface area contributed by atoms with Crippen molar-refractivity contribution in [1.82, 2.24) is 5.32 Å². The molecule has 0 spiro atoms. The molecule has 1 N–H and O–H groups in total. The third kappa shape index (κ3) is 2.54. The molecule has 0 amide bonds. The lowest BCUT2D eigenvalue weighted by atomic mass is 9.91. The van der Waals surface area contributed by atoms with Crippen LogP contribution in [0.15, 0.2) is 24.3 Å². The highest BCUT2D eigenvalue weighted by molar-refractivity contribution is 5.37. The molecular weight excluding hydrogens is 202 g/mol. The lowest BCUT2D eigenvalue weighted by Gasteiger charge is -2.33. The molecular formula is C13H21NO2. The molecule has 1 unspecified atom stereocenters. The molecule has 0 aromatic heterocycles. The first-order chi connectivity index (χ1) is 7.56. The molecule has 0 aliphatic rings. The first kappa shape index (κ1) is 13.0. The van der Waals surface area contributed by atoms with E-state index in [0.717, 1.165) is 11.3 Å². The molecule has 0 fully saturated rings. The number of hydrogen-bond donors (Lipinski definition) is 1. The van der Waals surface area contributed by atoms with E-state index in [2.05, 4.69) is 25.2 Å². The predicted molar refractivity (Wildman–Crippen MR) is 65.9 cm³/mol. The number of likely N-dealkylation sites (N-methyl/N-ethyl adjacent to an activating group) is 1. The minimum Gasteiger partial charge on any atom is -0.496 e. The Bertz CT molecular complexity index is 336. The summed E-state index contributed by atoms with van der Waals surface area (Å²) in [6.07, 6.45) is 0. The third-order valence-corrected chi connectivity index (χ3v) is 2.96. The Hall–Kier alpha value is -1.06. The number of benzene rings is 1. The van der Waals surface area contributed by atoms with Crippen LogP contribution < -0.4 is 10.1 Å². The van der Waals surface area contributed by atoms with E-state index in [1.807, 2.05) is 25.2 Å². The largest absolute Gasteiger partial charge is 0.496 e. The van der Waals surface area contributed by atoms with Crippen LogP contribution in [0.3, 0.4) is 0 Å². The van der Waals surface area contributed by atoms with Gasteiger partial charge in [-0.1, -0.05) is 18.2 Å². The van der Waals surface area contributed by atoms with E-state index >= 15 is 0 Å². The minimum absolute atomic E-state index is 0.0913. The van der Waals surface area contributed by atoms with E-state index in [9.17, 15) is 0 Å². The quantitative estimate of drug-likeness (QED) is 0.831. The maximum absolute atomic E-state index is 5.53. The highest BCUT2D eigenvalue weighted by Crippen LogP contribution is 2.33. The van der Waals surface area contributed by atoms with Crippen molar-refractivity contribution in [2.75, 3.05) is 21.3 Å². The molecule has 16 heavy (non-hydrogen) atoms. The smallest absolute Gasteiger partial charge is 0.123 e. The van der Waals surface area contributed by atoms with Crippen LogP contribution in [0.25, 0.3) is 0 Å². The van der Waals surface area contributed by atoms with Gasteiger partial charge in [-0.15, -0.1) is 0 Å². The molecule has 0 heterocycles. The molecule has 0 saturated heterocycles. The van der Waals surface area contributed by atoms with Gasteiger partial charge in [0.25, 0.3) is 0 Å². The molecule has 1 rings (SSSR count). The van der Waals surface area contributed by atoms with Gasteiger partial charge in [0.2, 0.25) is 0 Å². The molecule has 0 bridgehead atoms. The van der Waals surface area contributed by atoms with Crippen molar-refractivity contribution < 1.29 is 9.47 Å². The van der Waals surface area contributed by atoms with Gasteiger partial charge in [0.05, 0.1) is 18.8 Å². The Labute approximate surface area is 97.8 Å². The Morgan fingerprint density at radius 3 is 2.31 bits per heavy atom. The van der Waals surface area contributed by atoms with Crippen LogP contribution in [0.4, 0.5) is 0 Å². The summed E-state index contributed by atoms with van der Waals surface area (Å²) in [6.45, 7) is 4.11. The van der Waals surface area contributed by atoms with Crippen molar-refractivity contribution in [2.45, 2.75) is 25.5 Å². The van der Waals surface area contributed by atoms with Crippen molar-refractivity contribution in [3.8, 4) is 5.75 Å². The average Bonchev–Trinajstić information content (AvgIpc) is 2.30. The Kier molecular flexibility index (Phi) is 4.33. The lowest BCUT2D eigenvalue weighted by molar-refractivity contribution is -0.00956. The van der Waals surface area contributed by atoms with Crippen molar-refractivity contribution in [3.63, 3.8) is 0 Å². The zero-order chi connectivity index (χ0) is 12.2. The van der Waals surface area contributed by atoms with Crippen LogP contribution in [-0.2, 0) is 4.74 Å². The molecule has 0 saturated carbocycles. The summed E-state index contributed by atoms with van der Waals surface area (Å²) >= 11 is 0. The molecule has 1 aromatic carbocycles. The maximum atomic E-state index is 5.53. The van der Waals surface area contributed by atoms with Crippen LogP contribution in [0.5, 0.6) is 5.75 Å². The number of nitrogens with one attached hydrogen (secondary N) is 1. The van der Waals surface area contributed by atoms with Gasteiger partial charge in [0.1, 0.15) is 5.75 Å². The van der Waals surface area contributed by atoms with E-state index in [1.165, 1.54) is 0 Å². The number of rotatable bonds is 5. The zero-order valence-electron chi connectivity index (χ0n) is 10.7. The zero-order valence-corrected chi connectivity index (χ0v) is 10.7. The summed E-state index contributed by atoms with van der Waals surface area (Å²) in [6, 6.07) is 8.09. The van der Waals surface area contributed by atoms with E-state index in [4.69, 9.17) is 9.47 Å². The fraction of sp³-hybridized carbons (Fsp3) is 0.538. The summed E-state index contributed by atoms with van der Waals surface area (Å²) < 4.78 is 10.9. The summed E-state index contributed by atoms with van der Waals surface area (Å²) in [4.78, 5) is 0. The van der Waals surface area contributed by atoms with E-state index < -0.39 is 0 Å². The molecule has 1 aromatic rings. The van der Waals surface area contributed by atoms with Crippen LogP contribution >= 0.6 is 0 Å². The van der Waals surface area contributed by atoms with Crippen molar-refractivity contribution in [3.05, 3.63) is 29.8 Å². The number of hydrogen-bond acceptors (Lipinski definition) is 3. The monoisotopic (exact) mass is 223 g/mol. The van der Waals surface area contributed by atoms with Crippen LogP contribution in [-0.4, -0.2) is 26.9 Å². The lowest BCUT2D eigenvalue weighted by Crippen LogP contribution is -2.39. The van der Waals surface area contributed by atoms with Crippen molar-refractivity contribution in [2.24, 2.45) is 0 Å². The van der Waals surface area contributed by atoms with Crippen molar-refractivity contribution >= 4 is 0 Å². The average molecular weight is 223 g/mol. The summed E-state index contributed by atoms with van der Waals surface area (Å²) in [7, 11) is 5.34. The molecule has 3 nitrogen and oxygen atoms in total. The number of ether oxygens (including phenoxy) is 2. The van der Waals surface area contributed by atoms with Crippen LogP contribution in [0.1, 0.15) is 25.5 Å². The molecule has 0 aliphatic carbocycles. The topological polar surface area (TPSA) is 30.5 Å². The second-order valence-corrected chi connectivity index (χ2v) is 4.27. The first-order valence-corrected chi connectivity index (χ1v) is 5.42. The molecule has 0 aliphatic heterocycles. The molecule has 90 valence electrons. The van der Waals surface area contributed by atoms with E-state index in [1.54, 1.807) is 14.2 Å². The van der Waals surface area contributed by atoms with E-state index in [0.29, 0.717) is 0 Å².